The van der Waals surface area contributed by atoms with Crippen molar-refractivity contribution in [1.29, 1.82) is 0 Å². The van der Waals surface area contributed by atoms with Gasteiger partial charge in [-0.05, 0) is 23.3 Å². The number of nitrogens with zero attached hydrogens (tertiary/aromatic N) is 1. The van der Waals surface area contributed by atoms with Gasteiger partial charge < -0.3 is 5.11 Å². The molecule has 1 unspecified atom stereocenters. The summed E-state index contributed by atoms with van der Waals surface area (Å²) in [5.41, 5.74) is 3.69. The largest absolute Gasteiger partial charge is 0.378 e. The van der Waals surface area contributed by atoms with Crippen molar-refractivity contribution < 1.29 is 9.90 Å². The average Bonchev–Trinajstić information content (AvgIpc) is 2.47. The van der Waals surface area contributed by atoms with E-state index < -0.39 is 12.0 Å². The van der Waals surface area contributed by atoms with E-state index in [0.29, 0.717) is 5.56 Å². The first-order valence-corrected chi connectivity index (χ1v) is 6.77. The number of rotatable bonds is 4. The predicted molar refractivity (Wildman–Crippen MR) is 81.3 cm³/mol. The molecule has 2 rings (SSSR count). The quantitative estimate of drug-likeness (QED) is 0.667. The second kappa shape index (κ2) is 6.98. The van der Waals surface area contributed by atoms with Gasteiger partial charge >= 0.3 is 0 Å². The Morgan fingerprint density at radius 1 is 1.20 bits per heavy atom. The van der Waals surface area contributed by atoms with Gasteiger partial charge in [0.15, 0.2) is 6.10 Å². The van der Waals surface area contributed by atoms with E-state index in [2.05, 4.69) is 26.5 Å². The molecule has 5 heteroatoms. The molecule has 1 amide bonds. The van der Waals surface area contributed by atoms with E-state index >= 15 is 0 Å². The second-order valence-corrected chi connectivity index (χ2v) is 5.02. The molecule has 0 aliphatic rings. The van der Waals surface area contributed by atoms with E-state index in [1.54, 1.807) is 24.3 Å². The van der Waals surface area contributed by atoms with Gasteiger partial charge in [0, 0.05) is 4.47 Å². The highest BCUT2D eigenvalue weighted by atomic mass is 79.9. The molecule has 0 saturated carbocycles. The first-order valence-electron chi connectivity index (χ1n) is 5.98. The molecule has 0 aromatic heterocycles. The zero-order chi connectivity index (χ0) is 14.4. The summed E-state index contributed by atoms with van der Waals surface area (Å²) in [7, 11) is 0. The van der Waals surface area contributed by atoms with Crippen molar-refractivity contribution in [3.63, 3.8) is 0 Å². The van der Waals surface area contributed by atoms with Crippen LogP contribution in [-0.2, 0) is 4.79 Å². The van der Waals surface area contributed by atoms with E-state index in [4.69, 9.17) is 0 Å². The Morgan fingerprint density at radius 2 is 1.95 bits per heavy atom. The maximum atomic E-state index is 11.7. The lowest BCUT2D eigenvalue weighted by Gasteiger charge is -2.08. The molecular formula is C15H13BrN2O2. The summed E-state index contributed by atoms with van der Waals surface area (Å²) in [6.07, 6.45) is 0.288. The van der Waals surface area contributed by atoms with E-state index in [1.807, 2.05) is 30.3 Å². The van der Waals surface area contributed by atoms with E-state index in [1.165, 1.54) is 6.21 Å². The number of hydrazone groups is 1. The summed E-state index contributed by atoms with van der Waals surface area (Å²) in [6, 6.07) is 16.2. The zero-order valence-corrected chi connectivity index (χ0v) is 12.1. The predicted octanol–water partition coefficient (Wildman–Crippen LogP) is 2.63. The molecule has 2 aromatic carbocycles. The number of nitrogens with one attached hydrogen (secondary N) is 1. The molecule has 2 N–H and O–H groups in total. The third-order valence-corrected chi connectivity index (χ3v) is 3.09. The topological polar surface area (TPSA) is 61.7 Å². The molecule has 0 spiro atoms. The molecular weight excluding hydrogens is 320 g/mol. The van der Waals surface area contributed by atoms with Crippen LogP contribution in [-0.4, -0.2) is 17.2 Å². The molecule has 0 bridgehead atoms. The normalized spacial score (nSPS) is 12.3. The van der Waals surface area contributed by atoms with Crippen LogP contribution in [0.25, 0.3) is 0 Å². The fourth-order valence-electron chi connectivity index (χ4n) is 1.61. The van der Waals surface area contributed by atoms with Gasteiger partial charge in [-0.25, -0.2) is 5.43 Å². The monoisotopic (exact) mass is 332 g/mol. The summed E-state index contributed by atoms with van der Waals surface area (Å²) >= 11 is 3.35. The lowest BCUT2D eigenvalue weighted by atomic mass is 10.1. The minimum atomic E-state index is -1.23. The molecule has 1 atom stereocenters. The maximum Gasteiger partial charge on any atom is 0.273 e. The SMILES string of the molecule is O=C(NN=Cc1cccc(Br)c1)C(O)c1ccccc1. The van der Waals surface area contributed by atoms with E-state index in [-0.39, 0.29) is 0 Å². The number of aliphatic hydroxyl groups is 1. The number of halogens is 1. The van der Waals surface area contributed by atoms with Gasteiger partial charge in [0.05, 0.1) is 6.21 Å². The lowest BCUT2D eigenvalue weighted by Crippen LogP contribution is -2.25. The van der Waals surface area contributed by atoms with Crippen LogP contribution < -0.4 is 5.43 Å². The number of hydrogen-bond acceptors (Lipinski definition) is 3. The molecule has 0 radical (unpaired) electrons. The third-order valence-electron chi connectivity index (χ3n) is 2.60. The summed E-state index contributed by atoms with van der Waals surface area (Å²) in [6.45, 7) is 0. The molecule has 0 aliphatic carbocycles. The number of carbonyl (C=O) groups excluding carboxylic acids is 1. The standard InChI is InChI=1S/C15H13BrN2O2/c16-13-8-4-5-11(9-13)10-17-18-15(20)14(19)12-6-2-1-3-7-12/h1-10,14,19H,(H,18,20). The van der Waals surface area contributed by atoms with Gasteiger partial charge in [-0.1, -0.05) is 58.4 Å². The molecule has 4 nitrogen and oxygen atoms in total. The van der Waals surface area contributed by atoms with Crippen LogP contribution in [0.5, 0.6) is 0 Å². The van der Waals surface area contributed by atoms with Gasteiger partial charge in [-0.3, -0.25) is 4.79 Å². The minimum Gasteiger partial charge on any atom is -0.378 e. The second-order valence-electron chi connectivity index (χ2n) is 4.10. The van der Waals surface area contributed by atoms with Gasteiger partial charge in [0.25, 0.3) is 5.91 Å². The minimum absolute atomic E-state index is 0.530. The van der Waals surface area contributed by atoms with Gasteiger partial charge in [0.2, 0.25) is 0 Å². The number of amides is 1. The Kier molecular flexibility index (Phi) is 5.03. The molecule has 0 aliphatic heterocycles. The lowest BCUT2D eigenvalue weighted by molar-refractivity contribution is -0.129. The summed E-state index contributed by atoms with van der Waals surface area (Å²) in [5.74, 6) is -0.567. The van der Waals surface area contributed by atoms with Crippen molar-refractivity contribution in [2.75, 3.05) is 0 Å². The Morgan fingerprint density at radius 3 is 2.65 bits per heavy atom. The third kappa shape index (κ3) is 4.01. The first-order chi connectivity index (χ1) is 9.66. The zero-order valence-electron chi connectivity index (χ0n) is 10.5. The highest BCUT2D eigenvalue weighted by Crippen LogP contribution is 2.12. The maximum absolute atomic E-state index is 11.7. The summed E-state index contributed by atoms with van der Waals surface area (Å²) in [4.78, 5) is 11.7. The van der Waals surface area contributed by atoms with Crippen LogP contribution >= 0.6 is 15.9 Å². The van der Waals surface area contributed by atoms with Crippen molar-refractivity contribution in [3.8, 4) is 0 Å². The van der Waals surface area contributed by atoms with E-state index in [0.717, 1.165) is 10.0 Å². The van der Waals surface area contributed by atoms with Crippen LogP contribution in [0.1, 0.15) is 17.2 Å². The fraction of sp³-hybridized carbons (Fsp3) is 0.0667. The summed E-state index contributed by atoms with van der Waals surface area (Å²) < 4.78 is 0.928. The molecule has 0 heterocycles. The smallest absolute Gasteiger partial charge is 0.273 e. The highest BCUT2D eigenvalue weighted by molar-refractivity contribution is 9.10. The molecule has 0 fully saturated rings. The number of aliphatic hydroxyl groups excluding tert-OH is 1. The van der Waals surface area contributed by atoms with Crippen molar-refractivity contribution in [1.82, 2.24) is 5.43 Å². The number of carbonyl (C=O) groups is 1. The molecule has 0 saturated heterocycles. The Balaban J connectivity index is 1.95. The van der Waals surface area contributed by atoms with Crippen molar-refractivity contribution >= 4 is 28.1 Å². The van der Waals surface area contributed by atoms with Crippen molar-refractivity contribution in [3.05, 3.63) is 70.2 Å². The van der Waals surface area contributed by atoms with Gasteiger partial charge in [-0.15, -0.1) is 0 Å². The molecule has 2 aromatic rings. The Labute approximate surface area is 125 Å². The summed E-state index contributed by atoms with van der Waals surface area (Å²) in [5, 5.41) is 13.7. The molecule has 20 heavy (non-hydrogen) atoms. The van der Waals surface area contributed by atoms with Gasteiger partial charge in [0.1, 0.15) is 0 Å². The first kappa shape index (κ1) is 14.4. The van der Waals surface area contributed by atoms with Crippen LogP contribution in [0.3, 0.4) is 0 Å². The van der Waals surface area contributed by atoms with Gasteiger partial charge in [-0.2, -0.15) is 5.10 Å². The average molecular weight is 333 g/mol. The van der Waals surface area contributed by atoms with Crippen LogP contribution in [0, 0.1) is 0 Å². The molecule has 102 valence electrons. The Hall–Kier alpha value is -1.98. The number of benzene rings is 2. The van der Waals surface area contributed by atoms with E-state index in [9.17, 15) is 9.90 Å². The van der Waals surface area contributed by atoms with Crippen LogP contribution in [0.15, 0.2) is 64.2 Å². The van der Waals surface area contributed by atoms with Crippen LogP contribution in [0.4, 0.5) is 0 Å². The highest BCUT2D eigenvalue weighted by Gasteiger charge is 2.15. The van der Waals surface area contributed by atoms with Crippen molar-refractivity contribution in [2.24, 2.45) is 5.10 Å². The number of hydrogen-bond donors (Lipinski definition) is 2. The van der Waals surface area contributed by atoms with Crippen molar-refractivity contribution in [2.45, 2.75) is 6.10 Å². The van der Waals surface area contributed by atoms with Crippen LogP contribution in [0.2, 0.25) is 0 Å². The Bertz CT molecular complexity index is 614. The fourth-order valence-corrected chi connectivity index (χ4v) is 2.02.